The van der Waals surface area contributed by atoms with Crippen LogP contribution in [0.5, 0.6) is 5.75 Å². The van der Waals surface area contributed by atoms with Crippen LogP contribution in [0.4, 0.5) is 18.9 Å². The number of hydrogen-bond acceptors (Lipinski definition) is 7. The maximum absolute atomic E-state index is 12.7. The number of hydrogen-bond donors (Lipinski definition) is 2. The summed E-state index contributed by atoms with van der Waals surface area (Å²) in [6, 6.07) is 19.1. The highest BCUT2D eigenvalue weighted by Crippen LogP contribution is 2.41. The zero-order valence-corrected chi connectivity index (χ0v) is 22.9. The molecule has 0 bridgehead atoms. The Labute approximate surface area is 241 Å². The summed E-state index contributed by atoms with van der Waals surface area (Å²) in [5, 5.41) is 9.66. The number of nitrogens with zero attached hydrogens (tertiary/aromatic N) is 3. The van der Waals surface area contributed by atoms with Crippen molar-refractivity contribution in [3.63, 3.8) is 0 Å². The average Bonchev–Trinajstić information content (AvgIpc) is 3.74. The fourth-order valence-corrected chi connectivity index (χ4v) is 4.75. The van der Waals surface area contributed by atoms with Gasteiger partial charge in [0.05, 0.1) is 16.2 Å². The molecule has 8 nitrogen and oxygen atoms in total. The Balaban J connectivity index is 1.64. The molecule has 4 aromatic rings. The van der Waals surface area contributed by atoms with Crippen molar-refractivity contribution in [2.75, 3.05) is 0 Å². The van der Waals surface area contributed by atoms with Gasteiger partial charge in [-0.1, -0.05) is 18.2 Å². The monoisotopic (exact) mass is 592 g/mol. The van der Waals surface area contributed by atoms with Crippen molar-refractivity contribution in [3.05, 3.63) is 83.9 Å². The topological polar surface area (TPSA) is 135 Å². The van der Waals surface area contributed by atoms with Gasteiger partial charge in [0, 0.05) is 30.0 Å². The lowest BCUT2D eigenvalue weighted by molar-refractivity contribution is -0.274. The summed E-state index contributed by atoms with van der Waals surface area (Å²) in [5.74, 6) is 0.352. The number of halogens is 3. The number of ether oxygens (including phenoxy) is 1. The van der Waals surface area contributed by atoms with Gasteiger partial charge in [0.2, 0.25) is 0 Å². The minimum atomic E-state index is -4.83. The van der Waals surface area contributed by atoms with E-state index < -0.39 is 17.4 Å². The first kappa shape index (κ1) is 28.8. The van der Waals surface area contributed by atoms with Crippen molar-refractivity contribution in [2.24, 2.45) is 16.6 Å². The van der Waals surface area contributed by atoms with Gasteiger partial charge in [0.1, 0.15) is 17.5 Å². The Kier molecular flexibility index (Phi) is 7.98. The molecule has 1 atom stereocenters. The molecule has 1 aromatic heterocycles. The quantitative estimate of drug-likeness (QED) is 0.124. The maximum Gasteiger partial charge on any atom is 0.573 e. The molecule has 5 rings (SSSR count). The van der Waals surface area contributed by atoms with E-state index in [1.807, 2.05) is 0 Å². The van der Waals surface area contributed by atoms with Crippen molar-refractivity contribution < 1.29 is 31.1 Å². The number of nitrogens with two attached hydrogens (primary N) is 1. The minimum absolute atomic E-state index is 0.158. The van der Waals surface area contributed by atoms with E-state index in [-0.39, 0.29) is 27.9 Å². The van der Waals surface area contributed by atoms with E-state index in [0.29, 0.717) is 45.2 Å². The van der Waals surface area contributed by atoms with Crippen LogP contribution < -0.4 is 10.5 Å². The number of nitriles is 1. The smallest absolute Gasteiger partial charge is 0.440 e. The standard InChI is InChI=1S/C30H23F3N4O4S/c1-17-37-28(19-7-10-23(11-8-19)41-30(31,32)33)29(40-17)25-14-21(20-3-2-4-24(13-20)42(38)39)9-12-26(25)36-16-22(15-34)27(35)18-5-6-18/h2-4,7-14,16,18H,5-6,35H2,1H3,(H,38,39). The van der Waals surface area contributed by atoms with Gasteiger partial charge in [-0.2, -0.15) is 5.26 Å². The molecule has 0 spiro atoms. The van der Waals surface area contributed by atoms with E-state index in [2.05, 4.69) is 20.8 Å². The lowest BCUT2D eigenvalue weighted by atomic mass is 9.98. The third-order valence-electron chi connectivity index (χ3n) is 6.49. The van der Waals surface area contributed by atoms with Gasteiger partial charge in [0.25, 0.3) is 0 Å². The molecule has 1 aliphatic rings. The lowest BCUT2D eigenvalue weighted by Gasteiger charge is -2.11. The Bertz CT molecular complexity index is 1770. The van der Waals surface area contributed by atoms with Crippen LogP contribution in [-0.2, 0) is 11.1 Å². The van der Waals surface area contributed by atoms with Crippen LogP contribution in [0.3, 0.4) is 0 Å². The maximum atomic E-state index is 12.7. The number of aryl methyl sites for hydroxylation is 1. The zero-order valence-electron chi connectivity index (χ0n) is 22.1. The zero-order chi connectivity index (χ0) is 30.0. The first-order chi connectivity index (χ1) is 20.0. The summed E-state index contributed by atoms with van der Waals surface area (Å²) in [6.07, 6.45) is -1.61. The van der Waals surface area contributed by atoms with Crippen molar-refractivity contribution in [3.8, 4) is 45.5 Å². The predicted molar refractivity (Wildman–Crippen MR) is 151 cm³/mol. The SMILES string of the molecule is Cc1nc(-c2ccc(OC(F)(F)F)cc2)c(-c2cc(-c3cccc(S(=O)O)c3)ccc2N=CC(C#N)=C(N)C2CC2)o1. The molecule has 0 radical (unpaired) electrons. The Morgan fingerprint density at radius 1 is 1.14 bits per heavy atom. The third kappa shape index (κ3) is 6.59. The average molecular weight is 593 g/mol. The molecule has 0 aliphatic heterocycles. The van der Waals surface area contributed by atoms with Crippen LogP contribution in [0, 0.1) is 24.2 Å². The fraction of sp³-hybridized carbons (Fsp3) is 0.167. The highest BCUT2D eigenvalue weighted by molar-refractivity contribution is 7.79. The second-order valence-electron chi connectivity index (χ2n) is 9.51. The highest BCUT2D eigenvalue weighted by atomic mass is 32.2. The molecule has 1 fully saturated rings. The molecular formula is C30H23F3N4O4S. The number of alkyl halides is 3. The Morgan fingerprint density at radius 3 is 2.48 bits per heavy atom. The summed E-state index contributed by atoms with van der Waals surface area (Å²) in [6.45, 7) is 1.63. The van der Waals surface area contributed by atoms with Gasteiger partial charge in [-0.05, 0) is 78.4 Å². The van der Waals surface area contributed by atoms with E-state index >= 15 is 0 Å². The molecule has 0 amide bonds. The summed E-state index contributed by atoms with van der Waals surface area (Å²) < 4.78 is 69.2. The number of benzene rings is 3. The Hall–Kier alpha value is -4.73. The molecule has 1 saturated carbocycles. The molecular weight excluding hydrogens is 569 g/mol. The molecule has 12 heteroatoms. The van der Waals surface area contributed by atoms with Crippen molar-refractivity contribution in [2.45, 2.75) is 31.0 Å². The van der Waals surface area contributed by atoms with Crippen LogP contribution in [0.2, 0.25) is 0 Å². The fourth-order valence-electron chi connectivity index (χ4n) is 4.33. The number of oxazole rings is 1. The molecule has 42 heavy (non-hydrogen) atoms. The Morgan fingerprint density at radius 2 is 1.83 bits per heavy atom. The summed E-state index contributed by atoms with van der Waals surface area (Å²) in [5.41, 5.74) is 9.87. The van der Waals surface area contributed by atoms with Gasteiger partial charge < -0.3 is 19.4 Å². The van der Waals surface area contributed by atoms with Gasteiger partial charge in [0.15, 0.2) is 22.7 Å². The van der Waals surface area contributed by atoms with E-state index in [0.717, 1.165) is 12.8 Å². The highest BCUT2D eigenvalue weighted by Gasteiger charge is 2.31. The summed E-state index contributed by atoms with van der Waals surface area (Å²) in [4.78, 5) is 9.25. The van der Waals surface area contributed by atoms with Gasteiger partial charge in [-0.25, -0.2) is 9.19 Å². The minimum Gasteiger partial charge on any atom is -0.440 e. The van der Waals surface area contributed by atoms with Gasteiger partial charge >= 0.3 is 6.36 Å². The van der Waals surface area contributed by atoms with Crippen LogP contribution in [0.25, 0.3) is 33.7 Å². The predicted octanol–water partition coefficient (Wildman–Crippen LogP) is 7.31. The summed E-state index contributed by atoms with van der Waals surface area (Å²) >= 11 is -2.19. The number of rotatable bonds is 8. The van der Waals surface area contributed by atoms with Crippen molar-refractivity contribution in [1.29, 1.82) is 5.26 Å². The van der Waals surface area contributed by atoms with Crippen molar-refractivity contribution in [1.82, 2.24) is 4.98 Å². The first-order valence-corrected chi connectivity index (χ1v) is 13.8. The van der Waals surface area contributed by atoms with E-state index in [9.17, 15) is 27.2 Å². The van der Waals surface area contributed by atoms with Crippen LogP contribution in [0.1, 0.15) is 18.7 Å². The van der Waals surface area contributed by atoms with Gasteiger partial charge in [-0.3, -0.25) is 4.99 Å². The second kappa shape index (κ2) is 11.6. The van der Waals surface area contributed by atoms with Gasteiger partial charge in [-0.15, -0.1) is 13.2 Å². The largest absolute Gasteiger partial charge is 0.573 e. The molecule has 214 valence electrons. The molecule has 3 aromatic carbocycles. The number of aromatic nitrogens is 1. The van der Waals surface area contributed by atoms with E-state index in [1.54, 1.807) is 43.3 Å². The molecule has 1 heterocycles. The normalized spacial score (nSPS) is 14.9. The summed E-state index contributed by atoms with van der Waals surface area (Å²) in [7, 11) is 0. The lowest BCUT2D eigenvalue weighted by Crippen LogP contribution is -2.16. The first-order valence-electron chi connectivity index (χ1n) is 12.7. The molecule has 1 aliphatic carbocycles. The van der Waals surface area contributed by atoms with Crippen LogP contribution >= 0.6 is 0 Å². The van der Waals surface area contributed by atoms with Crippen LogP contribution in [0.15, 0.2) is 92.3 Å². The molecule has 0 saturated heterocycles. The number of aliphatic imine (C=N–C) groups is 1. The van der Waals surface area contributed by atoms with Crippen LogP contribution in [-0.4, -0.2) is 26.3 Å². The van der Waals surface area contributed by atoms with E-state index in [4.69, 9.17) is 10.2 Å². The third-order valence-corrected chi connectivity index (χ3v) is 7.14. The molecule has 3 N–H and O–H groups in total. The van der Waals surface area contributed by atoms with E-state index in [1.165, 1.54) is 36.5 Å². The number of allylic oxidation sites excluding steroid dienone is 2. The molecule has 1 unspecified atom stereocenters. The van der Waals surface area contributed by atoms with Crippen molar-refractivity contribution >= 4 is 23.0 Å². The second-order valence-corrected chi connectivity index (χ2v) is 10.5.